The van der Waals surface area contributed by atoms with Crippen molar-refractivity contribution in [2.24, 2.45) is 11.8 Å². The Bertz CT molecular complexity index is 210. The molecule has 0 saturated carbocycles. The van der Waals surface area contributed by atoms with E-state index in [1.165, 1.54) is 0 Å². The molecule has 1 aliphatic heterocycles. The van der Waals surface area contributed by atoms with Gasteiger partial charge in [0.25, 0.3) is 0 Å². The van der Waals surface area contributed by atoms with Crippen molar-refractivity contribution in [3.05, 3.63) is 0 Å². The Balaban J connectivity index is 0.00000289. The van der Waals surface area contributed by atoms with Gasteiger partial charge in [-0.25, -0.2) is 0 Å². The predicted octanol–water partition coefficient (Wildman–Crippen LogP) is -1.81. The summed E-state index contributed by atoms with van der Waals surface area (Å²) in [5.74, 6) is 1.25. The number of aliphatic hydroxyl groups is 1. The fraction of sp³-hybridized carbons (Fsp3) is 1.00. The van der Waals surface area contributed by atoms with Crippen molar-refractivity contribution in [2.75, 3.05) is 32.2 Å². The number of hydrogen-bond acceptors (Lipinski definition) is 5. The van der Waals surface area contributed by atoms with Gasteiger partial charge in [-0.05, 0) is 0 Å². The van der Waals surface area contributed by atoms with Crippen LogP contribution in [-0.2, 0) is 25.9 Å². The molecule has 0 spiro atoms. The molecule has 1 unspecified atom stereocenters. The molecule has 0 aromatic carbocycles. The second-order valence-electron chi connectivity index (χ2n) is 4.82. The molecule has 1 aliphatic rings. The van der Waals surface area contributed by atoms with E-state index in [0.717, 1.165) is 12.5 Å². The molecule has 0 radical (unpaired) electrons. The van der Waals surface area contributed by atoms with Gasteiger partial charge in [-0.3, -0.25) is 0 Å². The molecule has 0 aliphatic carbocycles. The van der Waals surface area contributed by atoms with E-state index < -0.39 is 8.80 Å². The molecule has 1 heterocycles. The largest absolute Gasteiger partial charge is 1.00 e. The second kappa shape index (κ2) is 10.7. The van der Waals surface area contributed by atoms with Crippen LogP contribution in [0.5, 0.6) is 0 Å². The van der Waals surface area contributed by atoms with Crippen molar-refractivity contribution < 1.29 is 69.8 Å². The van der Waals surface area contributed by atoms with Gasteiger partial charge >= 0.3 is 60.2 Å². The van der Waals surface area contributed by atoms with E-state index in [1.54, 1.807) is 0 Å². The van der Waals surface area contributed by atoms with E-state index in [2.05, 4.69) is 6.92 Å². The molecular weight excluding hydrogens is 295 g/mol. The molecule has 1 saturated heterocycles. The van der Waals surface area contributed by atoms with E-state index in [1.807, 2.05) is 6.92 Å². The third-order valence-electron chi connectivity index (χ3n) is 2.70. The summed E-state index contributed by atoms with van der Waals surface area (Å²) in [6.45, 7) is 6.08. The summed E-state index contributed by atoms with van der Waals surface area (Å²) in [7, 11) is -2.50. The molecule has 0 aromatic rings. The minimum absolute atomic E-state index is 0. The fourth-order valence-electron chi connectivity index (χ4n) is 1.54. The monoisotopic (exact) mass is 318 g/mol. The normalized spacial score (nSPS) is 29.7. The molecule has 102 valence electrons. The molecule has 1 N–H and O–H groups in total. The zero-order valence-corrected chi connectivity index (χ0v) is 16.6. The summed E-state index contributed by atoms with van der Waals surface area (Å²) in [6, 6.07) is 0.793. The smallest absolute Gasteiger partial charge is 0.793 e. The first-order valence-electron chi connectivity index (χ1n) is 6.22. The average Bonchev–Trinajstić information content (AvgIpc) is 2.36. The maximum Gasteiger partial charge on any atom is 1.00 e. The third kappa shape index (κ3) is 7.17. The molecule has 0 aromatic heterocycles. The van der Waals surface area contributed by atoms with Crippen LogP contribution < -0.4 is 51.4 Å². The molecule has 4 nitrogen and oxygen atoms in total. The van der Waals surface area contributed by atoms with Crippen LogP contribution in [0.4, 0.5) is 0 Å². The van der Waals surface area contributed by atoms with Crippen molar-refractivity contribution in [1.82, 2.24) is 0 Å². The third-order valence-corrected chi connectivity index (χ3v) is 5.78. The zero-order chi connectivity index (χ0) is 12.7. The summed E-state index contributed by atoms with van der Waals surface area (Å²) in [4.78, 5) is 0. The Morgan fingerprint density at radius 2 is 2.06 bits per heavy atom. The summed E-state index contributed by atoms with van der Waals surface area (Å²) >= 11 is 4.97. The Kier molecular flexibility index (Phi) is 11.9. The van der Waals surface area contributed by atoms with Crippen LogP contribution in [0.3, 0.4) is 0 Å². The van der Waals surface area contributed by atoms with E-state index in [0.29, 0.717) is 31.5 Å². The Hall–Kier alpha value is 2.04. The predicted molar refractivity (Wildman–Crippen MR) is 70.7 cm³/mol. The molecule has 1 atom stereocenters. The average molecular weight is 319 g/mol. The first-order chi connectivity index (χ1) is 8.12. The molecule has 18 heavy (non-hydrogen) atoms. The standard InChI is InChI=1S/C11H24O4SSi.K/c1-10(6-12)7-13-17(5-3-4-16)14-8-11(2)9-15-17;/h10-12,16H,3-9H2,1-2H3;/q;+1/p-1. The maximum atomic E-state index is 9.00. The molecule has 1 rings (SSSR count). The Labute approximate surface area is 159 Å². The minimum Gasteiger partial charge on any atom is -0.793 e. The first kappa shape index (κ1) is 20.0. The first-order valence-corrected chi connectivity index (χ1v) is 8.73. The van der Waals surface area contributed by atoms with Gasteiger partial charge < -0.3 is 31.0 Å². The number of rotatable bonds is 7. The quantitative estimate of drug-likeness (QED) is 0.443. The van der Waals surface area contributed by atoms with Gasteiger partial charge in [0.15, 0.2) is 0 Å². The van der Waals surface area contributed by atoms with Crippen LogP contribution in [0.15, 0.2) is 0 Å². The molecule has 1 fully saturated rings. The number of aliphatic hydroxyl groups excluding tert-OH is 1. The van der Waals surface area contributed by atoms with Crippen molar-refractivity contribution in [3.63, 3.8) is 0 Å². The minimum atomic E-state index is -2.50. The summed E-state index contributed by atoms with van der Waals surface area (Å²) in [6.07, 6.45) is 0.892. The SMILES string of the molecule is CC(CO)CO[Si]1(CCC[S-])OCC(C)CO1.[K+]. The van der Waals surface area contributed by atoms with Crippen LogP contribution in [0.2, 0.25) is 6.04 Å². The van der Waals surface area contributed by atoms with Crippen LogP contribution in [0.25, 0.3) is 0 Å². The van der Waals surface area contributed by atoms with Gasteiger partial charge in [0, 0.05) is 44.3 Å². The van der Waals surface area contributed by atoms with Crippen molar-refractivity contribution in [1.29, 1.82) is 0 Å². The summed E-state index contributed by atoms with van der Waals surface area (Å²) < 4.78 is 17.5. The van der Waals surface area contributed by atoms with Gasteiger partial charge in [-0.2, -0.15) is 5.75 Å². The van der Waals surface area contributed by atoms with Crippen LogP contribution in [0, 0.1) is 11.8 Å². The maximum absolute atomic E-state index is 9.00. The van der Waals surface area contributed by atoms with Crippen molar-refractivity contribution >= 4 is 21.4 Å². The topological polar surface area (TPSA) is 47.9 Å². The summed E-state index contributed by atoms with van der Waals surface area (Å²) in [5.41, 5.74) is 0. The van der Waals surface area contributed by atoms with Gasteiger partial charge in [0.2, 0.25) is 0 Å². The molecule has 0 amide bonds. The van der Waals surface area contributed by atoms with Crippen LogP contribution in [-0.4, -0.2) is 46.1 Å². The Morgan fingerprint density at radius 3 is 2.56 bits per heavy atom. The molecular formula is C11H23KO4SSi. The zero-order valence-electron chi connectivity index (χ0n) is 11.7. The molecule has 7 heteroatoms. The fourth-order valence-corrected chi connectivity index (χ4v) is 4.85. The molecule has 0 bridgehead atoms. The van der Waals surface area contributed by atoms with Crippen molar-refractivity contribution in [2.45, 2.75) is 26.3 Å². The van der Waals surface area contributed by atoms with Crippen LogP contribution >= 0.6 is 0 Å². The van der Waals surface area contributed by atoms with Gasteiger partial charge in [0.1, 0.15) is 0 Å². The van der Waals surface area contributed by atoms with Crippen molar-refractivity contribution in [3.8, 4) is 0 Å². The van der Waals surface area contributed by atoms with Crippen LogP contribution in [0.1, 0.15) is 20.3 Å². The van der Waals surface area contributed by atoms with E-state index in [4.69, 9.17) is 31.0 Å². The number of hydrogen-bond donors (Lipinski definition) is 1. The van der Waals surface area contributed by atoms with Gasteiger partial charge in [-0.15, -0.1) is 0 Å². The van der Waals surface area contributed by atoms with E-state index in [9.17, 15) is 0 Å². The van der Waals surface area contributed by atoms with E-state index in [-0.39, 0.29) is 63.9 Å². The van der Waals surface area contributed by atoms with Gasteiger partial charge in [-0.1, -0.05) is 20.3 Å². The second-order valence-corrected chi connectivity index (χ2v) is 7.96. The Morgan fingerprint density at radius 1 is 1.44 bits per heavy atom. The van der Waals surface area contributed by atoms with Gasteiger partial charge in [0.05, 0.1) is 0 Å². The summed E-state index contributed by atoms with van der Waals surface area (Å²) in [5, 5.41) is 9.00. The van der Waals surface area contributed by atoms with E-state index >= 15 is 0 Å².